The molecular formula is C14H21NO3S. The zero-order valence-corrected chi connectivity index (χ0v) is 12.1. The fourth-order valence-electron chi connectivity index (χ4n) is 2.28. The first-order valence-corrected chi connectivity index (χ1v) is 8.62. The molecule has 0 bridgehead atoms. The van der Waals surface area contributed by atoms with Crippen LogP contribution in [-0.4, -0.2) is 20.8 Å². The van der Waals surface area contributed by atoms with Crippen LogP contribution < -0.4 is 9.46 Å². The Labute approximate surface area is 115 Å². The molecule has 0 aromatic heterocycles. The summed E-state index contributed by atoms with van der Waals surface area (Å²) in [6.07, 6.45) is 7.59. The predicted octanol–water partition coefficient (Wildman–Crippen LogP) is 2.45. The zero-order valence-electron chi connectivity index (χ0n) is 11.3. The maximum Gasteiger partial charge on any atom is 0.209 e. The van der Waals surface area contributed by atoms with Crippen LogP contribution in [0.2, 0.25) is 0 Å². The Morgan fingerprint density at radius 3 is 2.37 bits per heavy atom. The highest BCUT2D eigenvalue weighted by molar-refractivity contribution is 7.88. The summed E-state index contributed by atoms with van der Waals surface area (Å²) in [5, 5.41) is 0. The Morgan fingerprint density at radius 1 is 1.16 bits per heavy atom. The molecule has 0 heterocycles. The third-order valence-electron chi connectivity index (χ3n) is 3.32. The quantitative estimate of drug-likeness (QED) is 0.903. The lowest BCUT2D eigenvalue weighted by atomic mass is 9.98. The van der Waals surface area contributed by atoms with Crippen molar-refractivity contribution in [2.45, 2.75) is 44.8 Å². The number of hydrogen-bond acceptors (Lipinski definition) is 3. The Balaban J connectivity index is 1.87. The van der Waals surface area contributed by atoms with E-state index in [1.54, 1.807) is 0 Å². The molecule has 19 heavy (non-hydrogen) atoms. The van der Waals surface area contributed by atoms with Crippen LogP contribution in [0.25, 0.3) is 0 Å². The van der Waals surface area contributed by atoms with Gasteiger partial charge in [-0.15, -0.1) is 0 Å². The van der Waals surface area contributed by atoms with E-state index in [0.717, 1.165) is 30.4 Å². The van der Waals surface area contributed by atoms with Gasteiger partial charge in [0.2, 0.25) is 10.0 Å². The normalized spacial score (nSPS) is 17.3. The monoisotopic (exact) mass is 283 g/mol. The molecule has 0 spiro atoms. The Hall–Kier alpha value is -1.07. The van der Waals surface area contributed by atoms with E-state index in [9.17, 15) is 8.42 Å². The summed E-state index contributed by atoms with van der Waals surface area (Å²) in [4.78, 5) is 0. The Bertz CT molecular complexity index is 490. The second-order valence-corrected chi connectivity index (χ2v) is 6.95. The number of ether oxygens (including phenoxy) is 1. The molecule has 1 saturated carbocycles. The van der Waals surface area contributed by atoms with Gasteiger partial charge in [-0.2, -0.15) is 0 Å². The maximum atomic E-state index is 11.0. The standard InChI is InChI=1S/C14H21NO3S/c1-19(16,17)15-11-12-7-9-14(10-8-12)18-13-5-3-2-4-6-13/h7-10,13,15H,2-6,11H2,1H3. The van der Waals surface area contributed by atoms with E-state index in [1.165, 1.54) is 19.3 Å². The lowest BCUT2D eigenvalue weighted by Crippen LogP contribution is -2.21. The van der Waals surface area contributed by atoms with Crippen LogP contribution in [0.3, 0.4) is 0 Å². The Morgan fingerprint density at radius 2 is 1.79 bits per heavy atom. The van der Waals surface area contributed by atoms with Gasteiger partial charge >= 0.3 is 0 Å². The number of rotatable bonds is 5. The molecule has 0 atom stereocenters. The van der Waals surface area contributed by atoms with Crippen molar-refractivity contribution < 1.29 is 13.2 Å². The average Bonchev–Trinajstić information content (AvgIpc) is 2.38. The van der Waals surface area contributed by atoms with E-state index >= 15 is 0 Å². The van der Waals surface area contributed by atoms with E-state index in [-0.39, 0.29) is 0 Å². The van der Waals surface area contributed by atoms with Crippen molar-refractivity contribution >= 4 is 10.0 Å². The fraction of sp³-hybridized carbons (Fsp3) is 0.571. The summed E-state index contributed by atoms with van der Waals surface area (Å²) in [6, 6.07) is 7.62. The van der Waals surface area contributed by atoms with E-state index in [1.807, 2.05) is 24.3 Å². The van der Waals surface area contributed by atoms with Crippen LogP contribution in [0.15, 0.2) is 24.3 Å². The Kier molecular flexibility index (Phi) is 4.82. The molecule has 1 aromatic rings. The van der Waals surface area contributed by atoms with Crippen molar-refractivity contribution in [2.24, 2.45) is 0 Å². The van der Waals surface area contributed by atoms with Crippen LogP contribution in [0, 0.1) is 0 Å². The molecule has 4 nitrogen and oxygen atoms in total. The fourth-order valence-corrected chi connectivity index (χ4v) is 2.70. The summed E-state index contributed by atoms with van der Waals surface area (Å²) < 4.78 is 30.4. The number of benzene rings is 1. The molecule has 1 aromatic carbocycles. The van der Waals surface area contributed by atoms with Crippen LogP contribution >= 0.6 is 0 Å². The van der Waals surface area contributed by atoms with Gasteiger partial charge in [-0.1, -0.05) is 18.6 Å². The number of nitrogens with one attached hydrogen (secondary N) is 1. The van der Waals surface area contributed by atoms with E-state index in [4.69, 9.17) is 4.74 Å². The molecule has 1 aliphatic carbocycles. The highest BCUT2D eigenvalue weighted by Crippen LogP contribution is 2.23. The first-order chi connectivity index (χ1) is 9.03. The second kappa shape index (κ2) is 6.39. The van der Waals surface area contributed by atoms with Gasteiger partial charge in [0.05, 0.1) is 12.4 Å². The molecular weight excluding hydrogens is 262 g/mol. The first-order valence-electron chi connectivity index (χ1n) is 6.73. The molecule has 0 unspecified atom stereocenters. The lowest BCUT2D eigenvalue weighted by molar-refractivity contribution is 0.155. The summed E-state index contributed by atoms with van der Waals surface area (Å²) in [5.74, 6) is 0.870. The topological polar surface area (TPSA) is 55.4 Å². The molecule has 106 valence electrons. The summed E-state index contributed by atoms with van der Waals surface area (Å²) >= 11 is 0. The van der Waals surface area contributed by atoms with Crippen molar-refractivity contribution in [2.75, 3.05) is 6.26 Å². The van der Waals surface area contributed by atoms with Gasteiger partial charge in [0, 0.05) is 6.54 Å². The van der Waals surface area contributed by atoms with Crippen molar-refractivity contribution in [3.8, 4) is 5.75 Å². The molecule has 0 radical (unpaired) electrons. The minimum atomic E-state index is -3.14. The summed E-state index contributed by atoms with van der Waals surface area (Å²) in [7, 11) is -3.14. The molecule has 0 amide bonds. The minimum absolute atomic E-state index is 0.322. The van der Waals surface area contributed by atoms with Gasteiger partial charge in [0.15, 0.2) is 0 Å². The third kappa shape index (κ3) is 5.20. The molecule has 0 aliphatic heterocycles. The lowest BCUT2D eigenvalue weighted by Gasteiger charge is -2.23. The van der Waals surface area contributed by atoms with Crippen LogP contribution in [0.4, 0.5) is 0 Å². The van der Waals surface area contributed by atoms with Gasteiger partial charge in [-0.25, -0.2) is 13.1 Å². The molecule has 1 aliphatic rings. The smallest absolute Gasteiger partial charge is 0.209 e. The molecule has 2 rings (SSSR count). The minimum Gasteiger partial charge on any atom is -0.490 e. The van der Waals surface area contributed by atoms with E-state index in [2.05, 4.69) is 4.72 Å². The second-order valence-electron chi connectivity index (χ2n) is 5.12. The highest BCUT2D eigenvalue weighted by atomic mass is 32.2. The maximum absolute atomic E-state index is 11.0. The van der Waals surface area contributed by atoms with Crippen molar-refractivity contribution in [3.05, 3.63) is 29.8 Å². The van der Waals surface area contributed by atoms with Gasteiger partial charge in [-0.3, -0.25) is 0 Å². The van der Waals surface area contributed by atoms with Crippen LogP contribution in [0.5, 0.6) is 5.75 Å². The van der Waals surface area contributed by atoms with Crippen molar-refractivity contribution in [1.82, 2.24) is 4.72 Å². The number of sulfonamides is 1. The van der Waals surface area contributed by atoms with Gasteiger partial charge in [-0.05, 0) is 43.4 Å². The van der Waals surface area contributed by atoms with E-state index in [0.29, 0.717) is 12.6 Å². The molecule has 1 N–H and O–H groups in total. The van der Waals surface area contributed by atoms with Crippen LogP contribution in [0.1, 0.15) is 37.7 Å². The van der Waals surface area contributed by atoms with Crippen molar-refractivity contribution in [1.29, 1.82) is 0 Å². The summed E-state index contributed by atoms with van der Waals surface area (Å²) in [6.45, 7) is 0.322. The molecule has 5 heteroatoms. The zero-order chi connectivity index (χ0) is 13.7. The number of hydrogen-bond donors (Lipinski definition) is 1. The molecule has 0 saturated heterocycles. The van der Waals surface area contributed by atoms with Gasteiger partial charge < -0.3 is 4.74 Å². The average molecular weight is 283 g/mol. The molecule has 1 fully saturated rings. The van der Waals surface area contributed by atoms with Crippen molar-refractivity contribution in [3.63, 3.8) is 0 Å². The largest absolute Gasteiger partial charge is 0.490 e. The van der Waals surface area contributed by atoms with Crippen LogP contribution in [-0.2, 0) is 16.6 Å². The van der Waals surface area contributed by atoms with E-state index < -0.39 is 10.0 Å². The third-order valence-corrected chi connectivity index (χ3v) is 3.99. The summed E-state index contributed by atoms with van der Waals surface area (Å²) in [5.41, 5.74) is 0.932. The first kappa shape index (κ1) is 14.3. The SMILES string of the molecule is CS(=O)(=O)NCc1ccc(OC2CCCCC2)cc1. The van der Waals surface area contributed by atoms with Gasteiger partial charge in [0.1, 0.15) is 5.75 Å². The predicted molar refractivity (Wildman–Crippen MR) is 75.6 cm³/mol. The highest BCUT2D eigenvalue weighted by Gasteiger charge is 2.14. The van der Waals surface area contributed by atoms with Gasteiger partial charge in [0.25, 0.3) is 0 Å².